The average molecular weight is 270 g/mol. The van der Waals surface area contributed by atoms with E-state index in [1.54, 1.807) is 6.07 Å². The fourth-order valence-electron chi connectivity index (χ4n) is 2.06. The highest BCUT2D eigenvalue weighted by atomic mass is 79.9. The van der Waals surface area contributed by atoms with E-state index in [4.69, 9.17) is 5.73 Å². The summed E-state index contributed by atoms with van der Waals surface area (Å²) in [6, 6.07) is 1.77. The summed E-state index contributed by atoms with van der Waals surface area (Å²) in [5, 5.41) is 9.94. The van der Waals surface area contributed by atoms with Crippen molar-refractivity contribution in [2.45, 2.75) is 32.7 Å². The number of phenols is 1. The number of nitrogens with two attached hydrogens (primary N) is 1. The van der Waals surface area contributed by atoms with Gasteiger partial charge in [-0.1, -0.05) is 15.9 Å². The lowest BCUT2D eigenvalue weighted by molar-refractivity contribution is 0.454. The molecule has 1 atom stereocenters. The van der Waals surface area contributed by atoms with Gasteiger partial charge in [-0.25, -0.2) is 0 Å². The molecule has 1 aromatic rings. The third kappa shape index (κ3) is 1.91. The van der Waals surface area contributed by atoms with Crippen LogP contribution in [-0.4, -0.2) is 5.11 Å². The summed E-state index contributed by atoms with van der Waals surface area (Å²) < 4.78 is 1.06. The second kappa shape index (κ2) is 3.80. The Kier molecular flexibility index (Phi) is 2.77. The van der Waals surface area contributed by atoms with Gasteiger partial charge in [-0.2, -0.15) is 0 Å². The lowest BCUT2D eigenvalue weighted by Gasteiger charge is -2.18. The molecule has 82 valence electrons. The molecule has 0 aromatic heterocycles. The Hall–Kier alpha value is -0.540. The van der Waals surface area contributed by atoms with Gasteiger partial charge in [-0.3, -0.25) is 0 Å². The zero-order chi connectivity index (χ0) is 11.2. The third-order valence-electron chi connectivity index (χ3n) is 3.17. The van der Waals surface area contributed by atoms with Gasteiger partial charge >= 0.3 is 0 Å². The molecule has 1 aromatic carbocycles. The Morgan fingerprint density at radius 1 is 1.47 bits per heavy atom. The van der Waals surface area contributed by atoms with Crippen molar-refractivity contribution in [3.8, 4) is 5.75 Å². The smallest absolute Gasteiger partial charge is 0.120 e. The monoisotopic (exact) mass is 269 g/mol. The van der Waals surface area contributed by atoms with Crippen LogP contribution >= 0.6 is 15.9 Å². The van der Waals surface area contributed by atoms with Gasteiger partial charge in [0, 0.05) is 16.1 Å². The second-order valence-electron chi connectivity index (χ2n) is 4.43. The highest BCUT2D eigenvalue weighted by Crippen LogP contribution is 2.44. The molecule has 0 amide bonds. The molecular weight excluding hydrogens is 254 g/mol. The zero-order valence-corrected chi connectivity index (χ0v) is 10.6. The van der Waals surface area contributed by atoms with E-state index in [2.05, 4.69) is 15.9 Å². The Morgan fingerprint density at radius 2 is 2.07 bits per heavy atom. The highest BCUT2D eigenvalue weighted by molar-refractivity contribution is 9.10. The molecule has 0 saturated heterocycles. The number of hydrogen-bond acceptors (Lipinski definition) is 2. The molecule has 1 aliphatic rings. The van der Waals surface area contributed by atoms with Gasteiger partial charge in [0.15, 0.2) is 0 Å². The summed E-state index contributed by atoms with van der Waals surface area (Å²) in [4.78, 5) is 0. The Balaban J connectivity index is 2.49. The van der Waals surface area contributed by atoms with Crippen LogP contribution in [0.15, 0.2) is 10.5 Å². The molecule has 2 nitrogen and oxygen atoms in total. The average Bonchev–Trinajstić information content (AvgIpc) is 2.97. The first-order chi connectivity index (χ1) is 7.02. The Morgan fingerprint density at radius 3 is 2.60 bits per heavy atom. The van der Waals surface area contributed by atoms with E-state index in [1.165, 1.54) is 12.8 Å². The molecule has 0 radical (unpaired) electrons. The number of rotatable bonds is 2. The van der Waals surface area contributed by atoms with E-state index < -0.39 is 0 Å². The fraction of sp³-hybridized carbons (Fsp3) is 0.500. The van der Waals surface area contributed by atoms with Crippen molar-refractivity contribution in [3.05, 3.63) is 27.2 Å². The van der Waals surface area contributed by atoms with E-state index >= 15 is 0 Å². The van der Waals surface area contributed by atoms with Crippen molar-refractivity contribution in [3.63, 3.8) is 0 Å². The molecule has 1 aliphatic carbocycles. The molecule has 0 bridgehead atoms. The van der Waals surface area contributed by atoms with Crippen molar-refractivity contribution in [1.82, 2.24) is 0 Å². The van der Waals surface area contributed by atoms with Crippen LogP contribution in [0.25, 0.3) is 0 Å². The summed E-state index contributed by atoms with van der Waals surface area (Å²) in [6.07, 6.45) is 2.37. The number of phenolic OH excluding ortho intramolecular Hbond substituents is 1. The molecule has 1 fully saturated rings. The maximum atomic E-state index is 9.94. The summed E-state index contributed by atoms with van der Waals surface area (Å²) in [5.74, 6) is 0.900. The minimum Gasteiger partial charge on any atom is -0.508 e. The molecular formula is C12H16BrNO. The van der Waals surface area contributed by atoms with Gasteiger partial charge in [0.1, 0.15) is 5.75 Å². The SMILES string of the molecule is Cc1cc(O)c([C@@H](N)C2CC2)c(C)c1Br. The van der Waals surface area contributed by atoms with Crippen molar-refractivity contribution in [1.29, 1.82) is 0 Å². The summed E-state index contributed by atoms with van der Waals surface area (Å²) in [5.41, 5.74) is 9.18. The van der Waals surface area contributed by atoms with Gasteiger partial charge in [-0.05, 0) is 49.8 Å². The van der Waals surface area contributed by atoms with Gasteiger partial charge in [0.25, 0.3) is 0 Å². The molecule has 3 heteroatoms. The van der Waals surface area contributed by atoms with Crippen LogP contribution in [0.5, 0.6) is 5.75 Å². The van der Waals surface area contributed by atoms with Gasteiger partial charge in [-0.15, -0.1) is 0 Å². The number of aryl methyl sites for hydroxylation is 1. The van der Waals surface area contributed by atoms with Crippen LogP contribution in [0, 0.1) is 19.8 Å². The molecule has 0 spiro atoms. The summed E-state index contributed by atoms with van der Waals surface area (Å²) in [6.45, 7) is 3.98. The van der Waals surface area contributed by atoms with Gasteiger partial charge in [0.05, 0.1) is 0 Å². The van der Waals surface area contributed by atoms with Gasteiger partial charge in [0.2, 0.25) is 0 Å². The number of halogens is 1. The van der Waals surface area contributed by atoms with Crippen LogP contribution in [0.3, 0.4) is 0 Å². The van der Waals surface area contributed by atoms with Crippen molar-refractivity contribution < 1.29 is 5.11 Å². The minimum atomic E-state index is -0.0121. The lowest BCUT2D eigenvalue weighted by Crippen LogP contribution is -2.14. The standard InChI is InChI=1S/C12H16BrNO/c1-6-5-9(15)10(7(2)11(6)13)12(14)8-3-4-8/h5,8,12,15H,3-4,14H2,1-2H3/t12-/m0/s1. The fourth-order valence-corrected chi connectivity index (χ4v) is 2.39. The second-order valence-corrected chi connectivity index (χ2v) is 5.22. The molecule has 1 saturated carbocycles. The maximum Gasteiger partial charge on any atom is 0.120 e. The first-order valence-electron chi connectivity index (χ1n) is 5.26. The predicted molar refractivity (Wildman–Crippen MR) is 64.9 cm³/mol. The van der Waals surface area contributed by atoms with Crippen molar-refractivity contribution in [2.24, 2.45) is 11.7 Å². The first kappa shape index (κ1) is 11.0. The molecule has 0 unspecified atom stereocenters. The lowest BCUT2D eigenvalue weighted by atomic mass is 9.95. The van der Waals surface area contributed by atoms with E-state index in [9.17, 15) is 5.11 Å². The van der Waals surface area contributed by atoms with E-state index in [1.807, 2.05) is 13.8 Å². The van der Waals surface area contributed by atoms with E-state index in [-0.39, 0.29) is 6.04 Å². The Labute approximate surface area is 98.6 Å². The number of benzene rings is 1. The largest absolute Gasteiger partial charge is 0.508 e. The van der Waals surface area contributed by atoms with Crippen LogP contribution in [0.1, 0.15) is 35.6 Å². The summed E-state index contributed by atoms with van der Waals surface area (Å²) >= 11 is 3.54. The molecule has 0 aliphatic heterocycles. The predicted octanol–water partition coefficient (Wildman–Crippen LogP) is 3.18. The normalized spacial score (nSPS) is 17.9. The third-order valence-corrected chi connectivity index (χ3v) is 4.39. The highest BCUT2D eigenvalue weighted by Gasteiger charge is 2.32. The van der Waals surface area contributed by atoms with E-state index in [0.717, 1.165) is 21.2 Å². The molecule has 15 heavy (non-hydrogen) atoms. The van der Waals surface area contributed by atoms with Crippen LogP contribution in [-0.2, 0) is 0 Å². The molecule has 2 rings (SSSR count). The van der Waals surface area contributed by atoms with Crippen molar-refractivity contribution in [2.75, 3.05) is 0 Å². The van der Waals surface area contributed by atoms with Crippen LogP contribution in [0.2, 0.25) is 0 Å². The van der Waals surface area contributed by atoms with Crippen molar-refractivity contribution >= 4 is 15.9 Å². The van der Waals surface area contributed by atoms with E-state index in [0.29, 0.717) is 11.7 Å². The molecule has 3 N–H and O–H groups in total. The van der Waals surface area contributed by atoms with Gasteiger partial charge < -0.3 is 10.8 Å². The maximum absolute atomic E-state index is 9.94. The number of aromatic hydroxyl groups is 1. The number of hydrogen-bond donors (Lipinski definition) is 2. The topological polar surface area (TPSA) is 46.2 Å². The first-order valence-corrected chi connectivity index (χ1v) is 6.05. The van der Waals surface area contributed by atoms with Crippen LogP contribution in [0.4, 0.5) is 0 Å². The Bertz CT molecular complexity index is 399. The summed E-state index contributed by atoms with van der Waals surface area (Å²) in [7, 11) is 0. The minimum absolute atomic E-state index is 0.0121. The quantitative estimate of drug-likeness (QED) is 0.867. The van der Waals surface area contributed by atoms with Crippen LogP contribution < -0.4 is 5.73 Å². The molecule has 0 heterocycles. The zero-order valence-electron chi connectivity index (χ0n) is 9.05.